The largest absolute Gasteiger partial charge is 0.477 e. The number of aryl methyl sites for hydroxylation is 1. The smallest absolute Gasteiger partial charge is 0.354 e. The van der Waals surface area contributed by atoms with E-state index in [9.17, 15) is 4.79 Å². The first-order valence-corrected chi connectivity index (χ1v) is 5.56. The molecule has 0 aliphatic heterocycles. The zero-order valence-electron chi connectivity index (χ0n) is 10.00. The summed E-state index contributed by atoms with van der Waals surface area (Å²) in [7, 11) is 1.95. The van der Waals surface area contributed by atoms with E-state index in [1.165, 1.54) is 12.3 Å². The number of anilines is 1. The Morgan fingerprint density at radius 1 is 1.44 bits per heavy atom. The third-order valence-corrected chi connectivity index (χ3v) is 2.58. The van der Waals surface area contributed by atoms with Crippen LogP contribution in [-0.4, -0.2) is 32.2 Å². The lowest BCUT2D eigenvalue weighted by atomic mass is 10.3. The number of aromatic carboxylic acids is 1. The molecule has 0 fully saturated rings. The maximum Gasteiger partial charge on any atom is 0.354 e. The van der Waals surface area contributed by atoms with E-state index in [-0.39, 0.29) is 5.69 Å². The Hall–Kier alpha value is -2.37. The molecule has 6 heteroatoms. The fraction of sp³-hybridized carbons (Fsp3) is 0.250. The molecule has 0 radical (unpaired) electrons. The van der Waals surface area contributed by atoms with Crippen LogP contribution in [0.15, 0.2) is 30.7 Å². The second kappa shape index (κ2) is 5.31. The Bertz CT molecular complexity index is 533. The summed E-state index contributed by atoms with van der Waals surface area (Å²) in [6.07, 6.45) is 5.98. The summed E-state index contributed by atoms with van der Waals surface area (Å²) in [5.41, 5.74) is 0.846. The molecule has 0 atom stereocenters. The Labute approximate surface area is 104 Å². The van der Waals surface area contributed by atoms with E-state index in [0.717, 1.165) is 24.5 Å². The Kier molecular flexibility index (Phi) is 3.57. The van der Waals surface area contributed by atoms with Crippen molar-refractivity contribution >= 4 is 11.7 Å². The van der Waals surface area contributed by atoms with Gasteiger partial charge in [0.05, 0.1) is 11.9 Å². The van der Waals surface area contributed by atoms with Crippen LogP contribution >= 0.6 is 0 Å². The number of imidazole rings is 1. The number of carboxylic acids is 1. The van der Waals surface area contributed by atoms with E-state index < -0.39 is 5.97 Å². The van der Waals surface area contributed by atoms with Crippen molar-refractivity contribution in [2.45, 2.75) is 6.42 Å². The fourth-order valence-corrected chi connectivity index (χ4v) is 1.58. The van der Waals surface area contributed by atoms with Gasteiger partial charge in [-0.1, -0.05) is 0 Å². The van der Waals surface area contributed by atoms with Crippen molar-refractivity contribution in [3.8, 4) is 0 Å². The summed E-state index contributed by atoms with van der Waals surface area (Å²) in [6.45, 7) is 0.721. The van der Waals surface area contributed by atoms with Crippen molar-refractivity contribution < 1.29 is 9.90 Å². The van der Waals surface area contributed by atoms with Gasteiger partial charge in [-0.05, 0) is 12.1 Å². The second-order valence-electron chi connectivity index (χ2n) is 3.87. The van der Waals surface area contributed by atoms with E-state index in [0.29, 0.717) is 0 Å². The number of rotatable bonds is 5. The highest BCUT2D eigenvalue weighted by molar-refractivity contribution is 5.85. The van der Waals surface area contributed by atoms with Crippen LogP contribution in [-0.2, 0) is 13.5 Å². The third-order valence-electron chi connectivity index (χ3n) is 2.58. The number of nitrogens with zero attached hydrogens (tertiary/aromatic N) is 3. The predicted octanol–water partition coefficient (Wildman–Crippen LogP) is 1.17. The molecule has 18 heavy (non-hydrogen) atoms. The molecule has 94 valence electrons. The van der Waals surface area contributed by atoms with Gasteiger partial charge in [0.2, 0.25) is 0 Å². The molecule has 0 bridgehead atoms. The number of aromatic nitrogens is 3. The highest BCUT2D eigenvalue weighted by Crippen LogP contribution is 2.06. The summed E-state index contributed by atoms with van der Waals surface area (Å²) < 4.78 is 1.97. The molecule has 6 nitrogen and oxygen atoms in total. The van der Waals surface area contributed by atoms with Gasteiger partial charge in [0, 0.05) is 32.4 Å². The standard InChI is InChI=1S/C12H14N4O2/c1-16-7-6-14-11(16)4-5-13-9-2-3-10(12(17)18)15-8-9/h2-3,6-8,13H,4-5H2,1H3,(H,17,18). The second-order valence-corrected chi connectivity index (χ2v) is 3.87. The summed E-state index contributed by atoms with van der Waals surface area (Å²) in [6, 6.07) is 3.18. The van der Waals surface area contributed by atoms with Crippen molar-refractivity contribution in [3.05, 3.63) is 42.2 Å². The topological polar surface area (TPSA) is 80.0 Å². The quantitative estimate of drug-likeness (QED) is 0.827. The van der Waals surface area contributed by atoms with Gasteiger partial charge < -0.3 is 15.0 Å². The fourth-order valence-electron chi connectivity index (χ4n) is 1.58. The van der Waals surface area contributed by atoms with Gasteiger partial charge in [0.1, 0.15) is 11.5 Å². The average Bonchev–Trinajstić information content (AvgIpc) is 2.76. The molecule has 0 saturated carbocycles. The van der Waals surface area contributed by atoms with Gasteiger partial charge in [0.25, 0.3) is 0 Å². The zero-order valence-corrected chi connectivity index (χ0v) is 10.00. The summed E-state index contributed by atoms with van der Waals surface area (Å²) in [4.78, 5) is 18.7. The highest BCUT2D eigenvalue weighted by Gasteiger charge is 2.03. The van der Waals surface area contributed by atoms with Crippen LogP contribution < -0.4 is 5.32 Å². The lowest BCUT2D eigenvalue weighted by Crippen LogP contribution is -2.09. The molecule has 0 aliphatic rings. The first-order chi connectivity index (χ1) is 8.66. The minimum absolute atomic E-state index is 0.0460. The third kappa shape index (κ3) is 2.85. The van der Waals surface area contributed by atoms with Gasteiger partial charge in [-0.25, -0.2) is 14.8 Å². The lowest BCUT2D eigenvalue weighted by molar-refractivity contribution is 0.0690. The zero-order chi connectivity index (χ0) is 13.0. The van der Waals surface area contributed by atoms with E-state index in [1.54, 1.807) is 12.3 Å². The molecule has 0 spiro atoms. The molecule has 2 heterocycles. The number of hydrogen-bond donors (Lipinski definition) is 2. The molecule has 0 aliphatic carbocycles. The van der Waals surface area contributed by atoms with Gasteiger partial charge in [-0.2, -0.15) is 0 Å². The predicted molar refractivity (Wildman–Crippen MR) is 66.6 cm³/mol. The first-order valence-electron chi connectivity index (χ1n) is 5.56. The monoisotopic (exact) mass is 246 g/mol. The summed E-state index contributed by atoms with van der Waals surface area (Å²) in [5, 5.41) is 11.9. The van der Waals surface area contributed by atoms with E-state index in [4.69, 9.17) is 5.11 Å². The Morgan fingerprint density at radius 2 is 2.28 bits per heavy atom. The van der Waals surface area contributed by atoms with Gasteiger partial charge in [-0.15, -0.1) is 0 Å². The van der Waals surface area contributed by atoms with Crippen LogP contribution in [0.1, 0.15) is 16.3 Å². The van der Waals surface area contributed by atoms with Crippen molar-refractivity contribution in [1.29, 1.82) is 0 Å². The van der Waals surface area contributed by atoms with E-state index in [1.807, 2.05) is 17.8 Å². The molecule has 2 aromatic heterocycles. The number of carboxylic acid groups (broad SMARTS) is 1. The normalized spacial score (nSPS) is 10.3. The number of pyridine rings is 1. The minimum Gasteiger partial charge on any atom is -0.477 e. The number of carbonyl (C=O) groups is 1. The maximum absolute atomic E-state index is 10.6. The summed E-state index contributed by atoms with van der Waals surface area (Å²) >= 11 is 0. The number of hydrogen-bond acceptors (Lipinski definition) is 4. The van der Waals surface area contributed by atoms with Crippen LogP contribution in [0.4, 0.5) is 5.69 Å². The molecule has 0 unspecified atom stereocenters. The first kappa shape index (κ1) is 12.1. The van der Waals surface area contributed by atoms with Crippen molar-refractivity contribution in [2.75, 3.05) is 11.9 Å². The van der Waals surface area contributed by atoms with Gasteiger partial charge >= 0.3 is 5.97 Å². The minimum atomic E-state index is -1.02. The SMILES string of the molecule is Cn1ccnc1CCNc1ccc(C(=O)O)nc1. The molecule has 2 aromatic rings. The molecular formula is C12H14N4O2. The molecule has 2 N–H and O–H groups in total. The van der Waals surface area contributed by atoms with Gasteiger partial charge in [0.15, 0.2) is 0 Å². The lowest BCUT2D eigenvalue weighted by Gasteiger charge is -2.06. The highest BCUT2D eigenvalue weighted by atomic mass is 16.4. The maximum atomic E-state index is 10.6. The molecule has 0 saturated heterocycles. The molecular weight excluding hydrogens is 232 g/mol. The molecule has 2 rings (SSSR count). The van der Waals surface area contributed by atoms with Crippen LogP contribution in [0, 0.1) is 0 Å². The van der Waals surface area contributed by atoms with Crippen LogP contribution in [0.2, 0.25) is 0 Å². The van der Waals surface area contributed by atoms with Crippen LogP contribution in [0.5, 0.6) is 0 Å². The van der Waals surface area contributed by atoms with Crippen molar-refractivity contribution in [2.24, 2.45) is 7.05 Å². The van der Waals surface area contributed by atoms with Crippen LogP contribution in [0.25, 0.3) is 0 Å². The van der Waals surface area contributed by atoms with Crippen LogP contribution in [0.3, 0.4) is 0 Å². The van der Waals surface area contributed by atoms with Crippen molar-refractivity contribution in [3.63, 3.8) is 0 Å². The number of nitrogens with one attached hydrogen (secondary N) is 1. The van der Waals surface area contributed by atoms with Crippen molar-refractivity contribution in [1.82, 2.24) is 14.5 Å². The molecule has 0 amide bonds. The Balaban J connectivity index is 1.87. The average molecular weight is 246 g/mol. The van der Waals surface area contributed by atoms with Gasteiger partial charge in [-0.3, -0.25) is 0 Å². The summed E-state index contributed by atoms with van der Waals surface area (Å²) in [5.74, 6) is -0.0211. The Morgan fingerprint density at radius 3 is 2.83 bits per heavy atom. The van der Waals surface area contributed by atoms with E-state index >= 15 is 0 Å². The van der Waals surface area contributed by atoms with E-state index in [2.05, 4.69) is 15.3 Å². The molecule has 0 aromatic carbocycles.